The van der Waals surface area contributed by atoms with Crippen molar-refractivity contribution in [3.05, 3.63) is 69.6 Å². The average Bonchev–Trinajstić information content (AvgIpc) is 2.58. The number of carbonyl (C=O) groups is 1. The van der Waals surface area contributed by atoms with Crippen molar-refractivity contribution >= 4 is 34.0 Å². The summed E-state index contributed by atoms with van der Waals surface area (Å²) in [5, 5.41) is 6.76. The Hall–Kier alpha value is -2.87. The van der Waals surface area contributed by atoms with Crippen LogP contribution in [0.2, 0.25) is 5.02 Å². The maximum Gasteiger partial charge on any atom is 0.417 e. The molecule has 0 saturated carbocycles. The molecule has 1 heterocycles. The zero-order chi connectivity index (χ0) is 18.9. The summed E-state index contributed by atoms with van der Waals surface area (Å²) in [6.45, 7) is -0.437. The number of hydrogen-bond acceptors (Lipinski definition) is 3. The van der Waals surface area contributed by atoms with Gasteiger partial charge in [-0.1, -0.05) is 29.8 Å². The molecule has 0 atom stereocenters. The van der Waals surface area contributed by atoms with Gasteiger partial charge in [-0.3, -0.25) is 9.59 Å². The van der Waals surface area contributed by atoms with E-state index in [1.807, 2.05) is 0 Å². The fourth-order valence-corrected chi connectivity index (χ4v) is 2.62. The second-order valence-corrected chi connectivity index (χ2v) is 5.84. The second-order valence-electron chi connectivity index (χ2n) is 5.44. The van der Waals surface area contributed by atoms with Gasteiger partial charge in [0.1, 0.15) is 6.54 Å². The Balaban J connectivity index is 1.82. The molecule has 0 aliphatic carbocycles. The van der Waals surface area contributed by atoms with E-state index in [-0.39, 0.29) is 5.69 Å². The molecular weight excluding hydrogens is 371 g/mol. The Bertz CT molecular complexity index is 1050. The lowest BCUT2D eigenvalue weighted by Gasteiger charge is -2.12. The SMILES string of the molecule is O=C(Cn1ncc2ccccc2c1=O)Nc1ccc(Cl)c(C(F)(F)F)c1. The van der Waals surface area contributed by atoms with Crippen molar-refractivity contribution in [2.75, 3.05) is 5.32 Å². The van der Waals surface area contributed by atoms with Crippen LogP contribution in [0.25, 0.3) is 10.8 Å². The Morgan fingerprint density at radius 1 is 1.19 bits per heavy atom. The van der Waals surface area contributed by atoms with Crippen LogP contribution in [0.3, 0.4) is 0 Å². The Labute approximate surface area is 150 Å². The molecule has 9 heteroatoms. The molecule has 0 bridgehead atoms. The van der Waals surface area contributed by atoms with E-state index in [2.05, 4.69) is 10.4 Å². The van der Waals surface area contributed by atoms with Gasteiger partial charge in [-0.15, -0.1) is 0 Å². The third kappa shape index (κ3) is 3.70. The number of rotatable bonds is 3. The molecule has 5 nitrogen and oxygen atoms in total. The molecule has 1 amide bonds. The summed E-state index contributed by atoms with van der Waals surface area (Å²) in [4.78, 5) is 24.4. The van der Waals surface area contributed by atoms with E-state index < -0.39 is 34.8 Å². The Kier molecular flexibility index (Phi) is 4.69. The quantitative estimate of drug-likeness (QED) is 0.752. The van der Waals surface area contributed by atoms with Crippen molar-refractivity contribution < 1.29 is 18.0 Å². The molecule has 2 aromatic carbocycles. The van der Waals surface area contributed by atoms with E-state index in [1.54, 1.807) is 24.3 Å². The number of alkyl halides is 3. The van der Waals surface area contributed by atoms with Crippen molar-refractivity contribution in [1.29, 1.82) is 0 Å². The number of anilines is 1. The molecule has 0 unspecified atom stereocenters. The van der Waals surface area contributed by atoms with Crippen molar-refractivity contribution in [3.8, 4) is 0 Å². The average molecular weight is 382 g/mol. The molecule has 1 N–H and O–H groups in total. The van der Waals surface area contributed by atoms with Crippen molar-refractivity contribution in [2.45, 2.75) is 12.7 Å². The smallest absolute Gasteiger partial charge is 0.324 e. The summed E-state index contributed by atoms with van der Waals surface area (Å²) < 4.78 is 39.5. The van der Waals surface area contributed by atoms with Gasteiger partial charge < -0.3 is 5.32 Å². The summed E-state index contributed by atoms with van der Waals surface area (Å²) in [6.07, 6.45) is -3.21. The highest BCUT2D eigenvalue weighted by Gasteiger charge is 2.33. The number of amides is 1. The maximum absolute atomic E-state index is 12.9. The second kappa shape index (κ2) is 6.80. The van der Waals surface area contributed by atoms with Crippen LogP contribution in [0.5, 0.6) is 0 Å². The van der Waals surface area contributed by atoms with Gasteiger partial charge in [0.2, 0.25) is 5.91 Å². The van der Waals surface area contributed by atoms with E-state index in [4.69, 9.17) is 11.6 Å². The molecule has 1 aromatic heterocycles. The first-order valence-electron chi connectivity index (χ1n) is 7.37. The number of benzene rings is 2. The highest BCUT2D eigenvalue weighted by Crippen LogP contribution is 2.36. The number of hydrogen-bond donors (Lipinski definition) is 1. The number of aromatic nitrogens is 2. The molecule has 0 aliphatic heterocycles. The third-order valence-electron chi connectivity index (χ3n) is 3.61. The van der Waals surface area contributed by atoms with E-state index in [0.717, 1.165) is 16.8 Å². The van der Waals surface area contributed by atoms with Crippen LogP contribution in [-0.4, -0.2) is 15.7 Å². The Morgan fingerprint density at radius 3 is 2.65 bits per heavy atom. The van der Waals surface area contributed by atoms with Gasteiger partial charge in [-0.2, -0.15) is 18.3 Å². The first-order valence-corrected chi connectivity index (χ1v) is 7.75. The number of fused-ring (bicyclic) bond motifs is 1. The van der Waals surface area contributed by atoms with Gasteiger partial charge in [0.05, 0.1) is 22.2 Å². The maximum atomic E-state index is 12.9. The van der Waals surface area contributed by atoms with Crippen LogP contribution < -0.4 is 10.9 Å². The molecule has 26 heavy (non-hydrogen) atoms. The molecule has 0 fully saturated rings. The first-order chi connectivity index (χ1) is 12.3. The van der Waals surface area contributed by atoms with Crippen LogP contribution >= 0.6 is 11.6 Å². The van der Waals surface area contributed by atoms with E-state index in [1.165, 1.54) is 12.3 Å². The van der Waals surface area contributed by atoms with Crippen molar-refractivity contribution in [3.63, 3.8) is 0 Å². The molecular formula is C17H11ClF3N3O2. The van der Waals surface area contributed by atoms with Gasteiger partial charge in [-0.25, -0.2) is 4.68 Å². The topological polar surface area (TPSA) is 64.0 Å². The lowest BCUT2D eigenvalue weighted by atomic mass is 10.2. The lowest BCUT2D eigenvalue weighted by Crippen LogP contribution is -2.29. The van der Waals surface area contributed by atoms with Gasteiger partial charge in [0, 0.05) is 11.1 Å². The largest absolute Gasteiger partial charge is 0.417 e. The summed E-state index contributed by atoms with van der Waals surface area (Å²) in [5.41, 5.74) is -1.61. The molecule has 0 radical (unpaired) electrons. The third-order valence-corrected chi connectivity index (χ3v) is 3.94. The predicted molar refractivity (Wildman–Crippen MR) is 91.1 cm³/mol. The van der Waals surface area contributed by atoms with Crippen LogP contribution in [0.15, 0.2) is 53.5 Å². The summed E-state index contributed by atoms with van der Waals surface area (Å²) in [7, 11) is 0. The van der Waals surface area contributed by atoms with E-state index in [9.17, 15) is 22.8 Å². The van der Waals surface area contributed by atoms with Crippen LogP contribution in [0, 0.1) is 0 Å². The van der Waals surface area contributed by atoms with Gasteiger partial charge in [0.15, 0.2) is 0 Å². The first kappa shape index (κ1) is 17.9. The van der Waals surface area contributed by atoms with Crippen molar-refractivity contribution in [1.82, 2.24) is 9.78 Å². The summed E-state index contributed by atoms with van der Waals surface area (Å²) in [6, 6.07) is 9.76. The van der Waals surface area contributed by atoms with Gasteiger partial charge in [-0.05, 0) is 24.3 Å². The van der Waals surface area contributed by atoms with Gasteiger partial charge in [0.25, 0.3) is 5.56 Å². The molecule has 3 rings (SSSR count). The zero-order valence-corrected chi connectivity index (χ0v) is 13.8. The zero-order valence-electron chi connectivity index (χ0n) is 13.0. The highest BCUT2D eigenvalue weighted by molar-refractivity contribution is 6.31. The predicted octanol–water partition coefficient (Wildman–Crippen LogP) is 3.71. The standard InChI is InChI=1S/C17H11ClF3N3O2/c18-14-6-5-11(7-13(14)17(19,20)21)23-15(25)9-24-16(26)12-4-2-1-3-10(12)8-22-24/h1-8H,9H2,(H,23,25). The number of nitrogens with one attached hydrogen (secondary N) is 1. The number of halogens is 4. The minimum absolute atomic E-state index is 0.0828. The monoisotopic (exact) mass is 381 g/mol. The molecule has 3 aromatic rings. The van der Waals surface area contributed by atoms with Crippen LogP contribution in [0.1, 0.15) is 5.56 Å². The minimum atomic E-state index is -4.64. The van der Waals surface area contributed by atoms with Crippen molar-refractivity contribution in [2.24, 2.45) is 0 Å². The molecule has 134 valence electrons. The summed E-state index contributed by atoms with van der Waals surface area (Å²) in [5.74, 6) is -0.690. The minimum Gasteiger partial charge on any atom is -0.324 e. The fourth-order valence-electron chi connectivity index (χ4n) is 2.40. The van der Waals surface area contributed by atoms with E-state index in [0.29, 0.717) is 10.8 Å². The number of carbonyl (C=O) groups excluding carboxylic acids is 1. The van der Waals surface area contributed by atoms with E-state index >= 15 is 0 Å². The highest BCUT2D eigenvalue weighted by atomic mass is 35.5. The molecule has 0 saturated heterocycles. The summed E-state index contributed by atoms with van der Waals surface area (Å²) >= 11 is 5.54. The van der Waals surface area contributed by atoms with Gasteiger partial charge >= 0.3 is 6.18 Å². The molecule has 0 aliphatic rings. The van der Waals surface area contributed by atoms with Crippen LogP contribution in [-0.2, 0) is 17.5 Å². The Morgan fingerprint density at radius 2 is 1.92 bits per heavy atom. The normalized spacial score (nSPS) is 11.5. The lowest BCUT2D eigenvalue weighted by molar-refractivity contribution is -0.137. The van der Waals surface area contributed by atoms with Crippen LogP contribution in [0.4, 0.5) is 18.9 Å². The fraction of sp³-hybridized carbons (Fsp3) is 0.118. The number of nitrogens with zero attached hydrogens (tertiary/aromatic N) is 2. The molecule has 0 spiro atoms.